The lowest BCUT2D eigenvalue weighted by Gasteiger charge is -2.10. The highest BCUT2D eigenvalue weighted by Gasteiger charge is 2.10. The van der Waals surface area contributed by atoms with Crippen LogP contribution in [0.25, 0.3) is 6.08 Å². The van der Waals surface area contributed by atoms with Crippen LogP contribution >= 0.6 is 0 Å². The third-order valence-electron chi connectivity index (χ3n) is 2.93. The van der Waals surface area contributed by atoms with Crippen molar-refractivity contribution in [1.82, 2.24) is 10.6 Å². The van der Waals surface area contributed by atoms with E-state index in [1.807, 2.05) is 13.8 Å². The molecule has 6 nitrogen and oxygen atoms in total. The van der Waals surface area contributed by atoms with Gasteiger partial charge >= 0.3 is 6.61 Å². The summed E-state index contributed by atoms with van der Waals surface area (Å²) in [5, 5.41) is 5.30. The zero-order valence-electron chi connectivity index (χ0n) is 14.3. The van der Waals surface area contributed by atoms with Gasteiger partial charge < -0.3 is 20.1 Å². The molecule has 0 fully saturated rings. The van der Waals surface area contributed by atoms with Crippen molar-refractivity contribution in [2.75, 3.05) is 13.7 Å². The standard InChI is InChI=1S/C17H22F2N2O4/c1-11(2)21-16(23)8-9-20-15(22)7-5-12-4-6-13(25-17(18)19)14(10-12)24-3/h4-7,10-11,17H,8-9H2,1-3H3,(H,20,22)(H,21,23)/b7-5+. The predicted molar refractivity (Wildman–Crippen MR) is 89.6 cm³/mol. The number of carbonyl (C=O) groups excluding carboxylic acids is 2. The second kappa shape index (κ2) is 10.3. The number of hydrogen-bond acceptors (Lipinski definition) is 4. The molecule has 0 aliphatic carbocycles. The fraction of sp³-hybridized carbons (Fsp3) is 0.412. The third-order valence-corrected chi connectivity index (χ3v) is 2.93. The molecule has 25 heavy (non-hydrogen) atoms. The van der Waals surface area contributed by atoms with Gasteiger partial charge in [-0.05, 0) is 37.6 Å². The number of halogens is 2. The van der Waals surface area contributed by atoms with Gasteiger partial charge in [0.2, 0.25) is 11.8 Å². The summed E-state index contributed by atoms with van der Waals surface area (Å²) in [5.74, 6) is -0.466. The molecule has 138 valence electrons. The van der Waals surface area contributed by atoms with E-state index in [1.54, 1.807) is 0 Å². The molecule has 0 bridgehead atoms. The van der Waals surface area contributed by atoms with Crippen LogP contribution in [0.1, 0.15) is 25.8 Å². The molecule has 0 aliphatic heterocycles. The van der Waals surface area contributed by atoms with E-state index < -0.39 is 6.61 Å². The topological polar surface area (TPSA) is 76.7 Å². The van der Waals surface area contributed by atoms with Crippen molar-refractivity contribution in [2.45, 2.75) is 32.9 Å². The Morgan fingerprint density at radius 2 is 1.96 bits per heavy atom. The van der Waals surface area contributed by atoms with Crippen molar-refractivity contribution >= 4 is 17.9 Å². The largest absolute Gasteiger partial charge is 0.493 e. The second-order valence-electron chi connectivity index (χ2n) is 5.39. The number of nitrogens with one attached hydrogen (secondary N) is 2. The quantitative estimate of drug-likeness (QED) is 0.666. The Kier molecular flexibility index (Phi) is 8.38. The molecule has 0 unspecified atom stereocenters. The fourth-order valence-electron chi connectivity index (χ4n) is 1.91. The SMILES string of the molecule is COc1cc(/C=C/C(=O)NCCC(=O)NC(C)C)ccc1OC(F)F. The number of amides is 2. The van der Waals surface area contributed by atoms with Crippen LogP contribution in [-0.2, 0) is 9.59 Å². The van der Waals surface area contributed by atoms with Crippen molar-refractivity contribution < 1.29 is 27.8 Å². The third kappa shape index (κ3) is 8.14. The van der Waals surface area contributed by atoms with Gasteiger partial charge in [0, 0.05) is 25.1 Å². The number of ether oxygens (including phenoxy) is 2. The minimum absolute atomic E-state index is 0.0510. The Hall–Kier alpha value is -2.64. The second-order valence-corrected chi connectivity index (χ2v) is 5.39. The molecule has 0 radical (unpaired) electrons. The maximum Gasteiger partial charge on any atom is 0.387 e. The first-order valence-corrected chi connectivity index (χ1v) is 7.70. The van der Waals surface area contributed by atoms with E-state index in [0.717, 1.165) is 0 Å². The number of rotatable bonds is 9. The number of hydrogen-bond donors (Lipinski definition) is 2. The van der Waals surface area contributed by atoms with Crippen LogP contribution in [0.5, 0.6) is 11.5 Å². The van der Waals surface area contributed by atoms with Gasteiger partial charge in [-0.3, -0.25) is 9.59 Å². The summed E-state index contributed by atoms with van der Waals surface area (Å²) in [6, 6.07) is 4.37. The Morgan fingerprint density at radius 1 is 1.24 bits per heavy atom. The number of carbonyl (C=O) groups is 2. The van der Waals surface area contributed by atoms with Gasteiger partial charge in [0.25, 0.3) is 0 Å². The molecule has 1 rings (SSSR count). The van der Waals surface area contributed by atoms with E-state index in [4.69, 9.17) is 4.74 Å². The lowest BCUT2D eigenvalue weighted by atomic mass is 10.2. The summed E-state index contributed by atoms with van der Waals surface area (Å²) in [4.78, 5) is 23.1. The van der Waals surface area contributed by atoms with Gasteiger partial charge in [0.05, 0.1) is 7.11 Å². The molecule has 1 aromatic rings. The fourth-order valence-corrected chi connectivity index (χ4v) is 1.91. The zero-order valence-corrected chi connectivity index (χ0v) is 14.3. The van der Waals surface area contributed by atoms with Crippen LogP contribution in [0.4, 0.5) is 8.78 Å². The molecule has 1 aromatic carbocycles. The van der Waals surface area contributed by atoms with E-state index in [1.165, 1.54) is 37.5 Å². The van der Waals surface area contributed by atoms with Crippen LogP contribution in [-0.4, -0.2) is 38.1 Å². The summed E-state index contributed by atoms with van der Waals surface area (Å²) in [5.41, 5.74) is 0.575. The van der Waals surface area contributed by atoms with Gasteiger partial charge in [-0.2, -0.15) is 8.78 Å². The van der Waals surface area contributed by atoms with Crippen molar-refractivity contribution in [2.24, 2.45) is 0 Å². The van der Waals surface area contributed by atoms with Gasteiger partial charge in [-0.25, -0.2) is 0 Å². The van der Waals surface area contributed by atoms with Crippen LogP contribution in [0, 0.1) is 0 Å². The molecule has 0 spiro atoms. The highest BCUT2D eigenvalue weighted by atomic mass is 19.3. The van der Waals surface area contributed by atoms with E-state index in [0.29, 0.717) is 5.56 Å². The summed E-state index contributed by atoms with van der Waals surface area (Å²) < 4.78 is 33.8. The van der Waals surface area contributed by atoms with Gasteiger partial charge in [0.1, 0.15) is 0 Å². The first-order valence-electron chi connectivity index (χ1n) is 7.70. The molecule has 0 saturated carbocycles. The minimum Gasteiger partial charge on any atom is -0.493 e. The number of alkyl halides is 2. The highest BCUT2D eigenvalue weighted by molar-refractivity contribution is 5.92. The Morgan fingerprint density at radius 3 is 2.56 bits per heavy atom. The van der Waals surface area contributed by atoms with E-state index >= 15 is 0 Å². The molecule has 0 atom stereocenters. The van der Waals surface area contributed by atoms with Crippen LogP contribution in [0.2, 0.25) is 0 Å². The molecule has 0 heterocycles. The predicted octanol–water partition coefficient (Wildman–Crippen LogP) is 2.34. The lowest BCUT2D eigenvalue weighted by Crippen LogP contribution is -2.33. The molecule has 0 saturated heterocycles. The average molecular weight is 356 g/mol. The minimum atomic E-state index is -2.95. The highest BCUT2D eigenvalue weighted by Crippen LogP contribution is 2.29. The van der Waals surface area contributed by atoms with Crippen molar-refractivity contribution in [3.8, 4) is 11.5 Å². The Bertz CT molecular complexity index is 619. The van der Waals surface area contributed by atoms with Gasteiger partial charge in [-0.1, -0.05) is 6.07 Å². The smallest absolute Gasteiger partial charge is 0.387 e. The van der Waals surface area contributed by atoms with E-state index in [-0.39, 0.29) is 42.3 Å². The number of methoxy groups -OCH3 is 1. The van der Waals surface area contributed by atoms with Crippen molar-refractivity contribution in [1.29, 1.82) is 0 Å². The average Bonchev–Trinajstić information content (AvgIpc) is 2.52. The normalized spacial score (nSPS) is 11.0. The molecule has 2 amide bonds. The van der Waals surface area contributed by atoms with E-state index in [9.17, 15) is 18.4 Å². The molecular weight excluding hydrogens is 334 g/mol. The van der Waals surface area contributed by atoms with Gasteiger partial charge in [0.15, 0.2) is 11.5 Å². The summed E-state index contributed by atoms with van der Waals surface area (Å²) in [6.45, 7) is 0.969. The summed E-state index contributed by atoms with van der Waals surface area (Å²) >= 11 is 0. The molecular formula is C17H22F2N2O4. The zero-order chi connectivity index (χ0) is 18.8. The summed E-state index contributed by atoms with van der Waals surface area (Å²) in [6.07, 6.45) is 2.96. The molecule has 0 aliphatic rings. The number of benzene rings is 1. The lowest BCUT2D eigenvalue weighted by molar-refractivity contribution is -0.121. The van der Waals surface area contributed by atoms with Crippen LogP contribution < -0.4 is 20.1 Å². The first kappa shape index (κ1) is 20.4. The van der Waals surface area contributed by atoms with Gasteiger partial charge in [-0.15, -0.1) is 0 Å². The monoisotopic (exact) mass is 356 g/mol. The molecule has 2 N–H and O–H groups in total. The maximum absolute atomic E-state index is 12.3. The van der Waals surface area contributed by atoms with Crippen LogP contribution in [0.15, 0.2) is 24.3 Å². The molecule has 0 aromatic heterocycles. The van der Waals surface area contributed by atoms with Crippen molar-refractivity contribution in [3.05, 3.63) is 29.8 Å². The first-order chi connectivity index (χ1) is 11.8. The van der Waals surface area contributed by atoms with E-state index in [2.05, 4.69) is 15.4 Å². The maximum atomic E-state index is 12.3. The Labute approximate surface area is 145 Å². The summed E-state index contributed by atoms with van der Waals surface area (Å²) in [7, 11) is 1.33. The Balaban J connectivity index is 2.54. The molecule has 8 heteroatoms. The van der Waals surface area contributed by atoms with Crippen LogP contribution in [0.3, 0.4) is 0 Å². The van der Waals surface area contributed by atoms with Crippen molar-refractivity contribution in [3.63, 3.8) is 0 Å².